The average Bonchev–Trinajstić information content (AvgIpc) is 3.17. The van der Waals surface area contributed by atoms with Gasteiger partial charge in [0.05, 0.1) is 0 Å². The summed E-state index contributed by atoms with van der Waals surface area (Å²) >= 11 is 0. The number of carbonyl (C=O) groups is 1. The Labute approximate surface area is 211 Å². The van der Waals surface area contributed by atoms with Crippen LogP contribution in [0.15, 0.2) is 72.8 Å². The van der Waals surface area contributed by atoms with Gasteiger partial charge in [-0.3, -0.25) is 14.9 Å². The lowest BCUT2D eigenvalue weighted by molar-refractivity contribution is 0.0706. The first-order valence-electron chi connectivity index (χ1n) is 12.6. The van der Waals surface area contributed by atoms with Crippen molar-refractivity contribution in [1.29, 1.82) is 0 Å². The van der Waals surface area contributed by atoms with Crippen LogP contribution < -0.4 is 5.48 Å². The standard InChI is InChI=1S/C30H32FN3O2/c1-21-28(18-22-6-10-25(11-7-22)30(35)32-36)27-4-2-3-5-29(27)34(21)20-24-14-16-33(17-15-24)19-23-8-12-26(31)13-9-23/h2-13,24,36H,14-20H2,1H3,(H,32,35). The predicted octanol–water partition coefficient (Wildman–Crippen LogP) is 5.71. The number of amides is 1. The molecule has 5 rings (SSSR count). The third kappa shape index (κ3) is 5.20. The van der Waals surface area contributed by atoms with Gasteiger partial charge in [0.1, 0.15) is 5.82 Å². The molecule has 36 heavy (non-hydrogen) atoms. The molecule has 0 atom stereocenters. The van der Waals surface area contributed by atoms with Crippen LogP contribution in [0, 0.1) is 18.7 Å². The molecule has 5 nitrogen and oxygen atoms in total. The van der Waals surface area contributed by atoms with Gasteiger partial charge in [-0.2, -0.15) is 0 Å². The molecule has 0 saturated carbocycles. The summed E-state index contributed by atoms with van der Waals surface area (Å²) in [4.78, 5) is 14.1. The summed E-state index contributed by atoms with van der Waals surface area (Å²) in [5, 5.41) is 10.1. The van der Waals surface area contributed by atoms with E-state index in [1.807, 2.05) is 24.3 Å². The maximum Gasteiger partial charge on any atom is 0.274 e. The van der Waals surface area contributed by atoms with Crippen LogP contribution in [0.2, 0.25) is 0 Å². The molecule has 1 fully saturated rings. The SMILES string of the molecule is Cc1c(Cc2ccc(C(=O)NO)cc2)c2ccccc2n1CC1CCN(Cc2ccc(F)cc2)CC1. The van der Waals surface area contributed by atoms with Crippen LogP contribution in [0.4, 0.5) is 4.39 Å². The summed E-state index contributed by atoms with van der Waals surface area (Å²) in [7, 11) is 0. The highest BCUT2D eigenvalue weighted by molar-refractivity contribution is 5.93. The molecule has 1 amide bonds. The molecule has 0 radical (unpaired) electrons. The van der Waals surface area contributed by atoms with Crippen molar-refractivity contribution in [3.63, 3.8) is 0 Å². The highest BCUT2D eigenvalue weighted by Gasteiger charge is 2.22. The van der Waals surface area contributed by atoms with E-state index >= 15 is 0 Å². The van der Waals surface area contributed by atoms with Crippen LogP contribution in [-0.2, 0) is 19.5 Å². The second kappa shape index (κ2) is 10.6. The maximum absolute atomic E-state index is 13.2. The van der Waals surface area contributed by atoms with Gasteiger partial charge in [-0.05, 0) is 92.2 Å². The van der Waals surface area contributed by atoms with Gasteiger partial charge in [0.15, 0.2) is 0 Å². The molecule has 1 aromatic heterocycles. The number of halogens is 1. The Hall–Kier alpha value is -3.48. The molecule has 2 N–H and O–H groups in total. The number of rotatable bonds is 7. The number of piperidine rings is 1. The third-order valence-corrected chi connectivity index (χ3v) is 7.53. The first kappa shape index (κ1) is 24.2. The maximum atomic E-state index is 13.2. The summed E-state index contributed by atoms with van der Waals surface area (Å²) in [6.07, 6.45) is 3.09. The number of nitrogens with zero attached hydrogens (tertiary/aromatic N) is 2. The minimum absolute atomic E-state index is 0.183. The Morgan fingerprint density at radius 3 is 2.33 bits per heavy atom. The number of benzene rings is 3. The van der Waals surface area contributed by atoms with Gasteiger partial charge in [0.2, 0.25) is 0 Å². The van der Waals surface area contributed by atoms with E-state index in [-0.39, 0.29) is 5.82 Å². The number of hydrogen-bond acceptors (Lipinski definition) is 3. The van der Waals surface area contributed by atoms with Crippen molar-refractivity contribution in [2.24, 2.45) is 5.92 Å². The summed E-state index contributed by atoms with van der Waals surface area (Å²) in [6.45, 7) is 6.21. The van der Waals surface area contributed by atoms with E-state index in [1.165, 1.54) is 22.2 Å². The highest BCUT2D eigenvalue weighted by atomic mass is 19.1. The van der Waals surface area contributed by atoms with E-state index in [1.54, 1.807) is 29.7 Å². The Balaban J connectivity index is 1.29. The van der Waals surface area contributed by atoms with Crippen LogP contribution in [0.5, 0.6) is 0 Å². The number of likely N-dealkylation sites (tertiary alicyclic amines) is 1. The van der Waals surface area contributed by atoms with E-state index < -0.39 is 5.91 Å². The number of nitrogens with one attached hydrogen (secondary N) is 1. The Morgan fingerprint density at radius 1 is 0.972 bits per heavy atom. The summed E-state index contributed by atoms with van der Waals surface area (Å²) in [5.41, 5.74) is 8.30. The normalized spacial score (nSPS) is 14.9. The second-order valence-corrected chi connectivity index (χ2v) is 9.85. The Kier molecular flexibility index (Phi) is 7.16. The smallest absolute Gasteiger partial charge is 0.274 e. The van der Waals surface area contributed by atoms with Crippen molar-refractivity contribution in [3.8, 4) is 0 Å². The van der Waals surface area contributed by atoms with E-state index in [9.17, 15) is 9.18 Å². The number of fused-ring (bicyclic) bond motifs is 1. The molecule has 2 heterocycles. The van der Waals surface area contributed by atoms with Gasteiger partial charge in [0.25, 0.3) is 5.91 Å². The molecule has 6 heteroatoms. The van der Waals surface area contributed by atoms with Crippen molar-refractivity contribution in [3.05, 3.63) is 107 Å². The van der Waals surface area contributed by atoms with Crippen LogP contribution >= 0.6 is 0 Å². The van der Waals surface area contributed by atoms with Crippen LogP contribution in [-0.4, -0.2) is 33.7 Å². The zero-order valence-corrected chi connectivity index (χ0v) is 20.6. The van der Waals surface area contributed by atoms with Crippen molar-refractivity contribution in [2.45, 2.75) is 39.3 Å². The monoisotopic (exact) mass is 485 g/mol. The lowest BCUT2D eigenvalue weighted by atomic mass is 9.96. The number of para-hydroxylation sites is 1. The zero-order chi connectivity index (χ0) is 25.1. The summed E-state index contributed by atoms with van der Waals surface area (Å²) < 4.78 is 15.7. The first-order chi connectivity index (χ1) is 17.5. The Bertz CT molecular complexity index is 1340. The van der Waals surface area contributed by atoms with E-state index in [2.05, 4.69) is 40.7 Å². The summed E-state index contributed by atoms with van der Waals surface area (Å²) in [5.74, 6) is -0.0663. The second-order valence-electron chi connectivity index (χ2n) is 9.85. The topological polar surface area (TPSA) is 57.5 Å². The molecule has 186 valence electrons. The molecular formula is C30H32FN3O2. The van der Waals surface area contributed by atoms with Crippen molar-refractivity contribution in [2.75, 3.05) is 13.1 Å². The van der Waals surface area contributed by atoms with Crippen LogP contribution in [0.25, 0.3) is 10.9 Å². The van der Waals surface area contributed by atoms with Gasteiger partial charge >= 0.3 is 0 Å². The largest absolute Gasteiger partial charge is 0.344 e. The first-order valence-corrected chi connectivity index (χ1v) is 12.6. The number of carbonyl (C=O) groups excluding carboxylic acids is 1. The van der Waals surface area contributed by atoms with E-state index in [0.717, 1.165) is 56.6 Å². The van der Waals surface area contributed by atoms with Crippen LogP contribution in [0.1, 0.15) is 45.6 Å². The van der Waals surface area contributed by atoms with Gasteiger partial charge in [-0.1, -0.05) is 42.5 Å². The predicted molar refractivity (Wildman–Crippen MR) is 140 cm³/mol. The molecule has 3 aromatic carbocycles. The van der Waals surface area contributed by atoms with Gasteiger partial charge in [-0.15, -0.1) is 0 Å². The number of hydrogen-bond donors (Lipinski definition) is 2. The number of aromatic nitrogens is 1. The molecule has 4 aromatic rings. The van der Waals surface area contributed by atoms with Gasteiger partial charge in [0, 0.05) is 35.2 Å². The van der Waals surface area contributed by atoms with Crippen LogP contribution in [0.3, 0.4) is 0 Å². The molecule has 0 spiro atoms. The van der Waals surface area contributed by atoms with Crippen molar-refractivity contribution < 1.29 is 14.4 Å². The molecular weight excluding hydrogens is 453 g/mol. The minimum Gasteiger partial charge on any atom is -0.344 e. The Morgan fingerprint density at radius 2 is 1.64 bits per heavy atom. The van der Waals surface area contributed by atoms with Crippen molar-refractivity contribution in [1.82, 2.24) is 14.9 Å². The highest BCUT2D eigenvalue weighted by Crippen LogP contribution is 2.31. The van der Waals surface area contributed by atoms with Gasteiger partial charge < -0.3 is 4.57 Å². The fourth-order valence-electron chi connectivity index (χ4n) is 5.44. The average molecular weight is 486 g/mol. The zero-order valence-electron chi connectivity index (χ0n) is 20.6. The molecule has 0 bridgehead atoms. The van der Waals surface area contributed by atoms with Crippen molar-refractivity contribution >= 4 is 16.8 Å². The molecule has 0 unspecified atom stereocenters. The fourth-order valence-corrected chi connectivity index (χ4v) is 5.44. The molecule has 1 aliphatic rings. The lowest BCUT2D eigenvalue weighted by Gasteiger charge is -2.32. The minimum atomic E-state index is -0.502. The van der Waals surface area contributed by atoms with E-state index in [0.29, 0.717) is 11.5 Å². The quantitative estimate of drug-likeness (QED) is 0.260. The number of hydroxylamine groups is 1. The lowest BCUT2D eigenvalue weighted by Crippen LogP contribution is -2.34. The molecule has 0 aliphatic carbocycles. The third-order valence-electron chi connectivity index (χ3n) is 7.53. The molecule has 1 aliphatic heterocycles. The summed E-state index contributed by atoms with van der Waals surface area (Å²) in [6, 6.07) is 22.9. The fraction of sp³-hybridized carbons (Fsp3) is 0.300. The van der Waals surface area contributed by atoms with E-state index in [4.69, 9.17) is 5.21 Å². The van der Waals surface area contributed by atoms with Gasteiger partial charge in [-0.25, -0.2) is 9.87 Å². The molecule has 1 saturated heterocycles.